The lowest BCUT2D eigenvalue weighted by molar-refractivity contribution is 0.188. The van der Waals surface area contributed by atoms with Gasteiger partial charge in [0.15, 0.2) is 17.5 Å². The number of aromatic nitrogens is 1. The Bertz CT molecular complexity index is 987. The summed E-state index contributed by atoms with van der Waals surface area (Å²) in [4.78, 5) is 15.3. The number of benzene rings is 1. The van der Waals surface area contributed by atoms with Gasteiger partial charge in [-0.2, -0.15) is 5.26 Å². The summed E-state index contributed by atoms with van der Waals surface area (Å²) in [6.07, 6.45) is 0.712. The van der Waals surface area contributed by atoms with Crippen molar-refractivity contribution in [2.45, 2.75) is 38.8 Å². The molecule has 1 amide bonds. The lowest BCUT2D eigenvalue weighted by Crippen LogP contribution is -2.45. The first-order valence-electron chi connectivity index (χ1n) is 9.60. The van der Waals surface area contributed by atoms with E-state index in [2.05, 4.69) is 20.9 Å². The largest absolute Gasteiger partial charge is 0.496 e. The highest BCUT2D eigenvalue weighted by Gasteiger charge is 2.36. The molecule has 0 bridgehead atoms. The highest BCUT2D eigenvalue weighted by Crippen LogP contribution is 2.36. The van der Waals surface area contributed by atoms with Crippen LogP contribution < -0.4 is 20.7 Å². The van der Waals surface area contributed by atoms with Crippen molar-refractivity contribution in [1.82, 2.24) is 10.3 Å². The fourth-order valence-electron chi connectivity index (χ4n) is 3.35. The van der Waals surface area contributed by atoms with E-state index in [-0.39, 0.29) is 29.2 Å². The first-order chi connectivity index (χ1) is 14.3. The van der Waals surface area contributed by atoms with Crippen LogP contribution in [0.4, 0.5) is 26.5 Å². The van der Waals surface area contributed by atoms with Gasteiger partial charge in [-0.3, -0.25) is 0 Å². The molecule has 0 spiro atoms. The van der Waals surface area contributed by atoms with Crippen molar-refractivity contribution in [3.63, 3.8) is 0 Å². The quantitative estimate of drug-likeness (QED) is 0.516. The molecule has 0 saturated heterocycles. The second kappa shape index (κ2) is 8.86. The molecule has 1 aromatic carbocycles. The summed E-state index contributed by atoms with van der Waals surface area (Å²) < 4.78 is 20.0. The predicted octanol–water partition coefficient (Wildman–Crippen LogP) is 4.00. The van der Waals surface area contributed by atoms with Crippen molar-refractivity contribution in [3.8, 4) is 11.8 Å². The first kappa shape index (κ1) is 21.2. The zero-order valence-electron chi connectivity index (χ0n) is 17.0. The Balaban J connectivity index is 1.89. The van der Waals surface area contributed by atoms with E-state index >= 15 is 0 Å². The Morgan fingerprint density at radius 2 is 2.10 bits per heavy atom. The van der Waals surface area contributed by atoms with Crippen molar-refractivity contribution in [2.75, 3.05) is 17.7 Å². The molecule has 1 aliphatic carbocycles. The lowest BCUT2D eigenvalue weighted by atomic mass is 10.0. The third-order valence-electron chi connectivity index (χ3n) is 5.09. The maximum atomic E-state index is 14.6. The number of carboxylic acid groups (broad SMARTS) is 1. The molecule has 0 radical (unpaired) electrons. The molecule has 2 aromatic rings. The molecule has 4 N–H and O–H groups in total. The van der Waals surface area contributed by atoms with Crippen molar-refractivity contribution in [3.05, 3.63) is 41.2 Å². The minimum Gasteiger partial charge on any atom is -0.496 e. The number of methoxy groups -OCH3 is 1. The summed E-state index contributed by atoms with van der Waals surface area (Å²) in [6, 6.07) is 7.74. The third-order valence-corrected chi connectivity index (χ3v) is 5.09. The summed E-state index contributed by atoms with van der Waals surface area (Å²) >= 11 is 0. The van der Waals surface area contributed by atoms with Crippen LogP contribution in [0.2, 0.25) is 0 Å². The molecule has 2 atom stereocenters. The van der Waals surface area contributed by atoms with Gasteiger partial charge < -0.3 is 25.8 Å². The van der Waals surface area contributed by atoms with Crippen LogP contribution in [0.3, 0.4) is 0 Å². The van der Waals surface area contributed by atoms with Crippen molar-refractivity contribution in [1.29, 1.82) is 5.26 Å². The molecule has 1 fully saturated rings. The predicted molar refractivity (Wildman–Crippen MR) is 111 cm³/mol. The number of ether oxygens (including phenoxy) is 1. The van der Waals surface area contributed by atoms with Crippen molar-refractivity contribution in [2.24, 2.45) is 5.92 Å². The van der Waals surface area contributed by atoms with Gasteiger partial charge in [0.2, 0.25) is 0 Å². The standard InChI is InChI=1S/C21H24FN5O3/c1-11-4-7-15(9-17(11)30-3)25-19-14(10-23)8-16(22)20(27-19)26-18(13-5-6-13)12(2)24-21(28)29/h4,7-9,12-13,18,24H,5-6H2,1-3H3,(H,28,29)(H2,25,26,27)/t12-,18-/m0/s1. The van der Waals surface area contributed by atoms with Gasteiger partial charge in [0.05, 0.1) is 18.7 Å². The lowest BCUT2D eigenvalue weighted by Gasteiger charge is -2.26. The summed E-state index contributed by atoms with van der Waals surface area (Å²) in [5, 5.41) is 26.9. The molecule has 1 aromatic heterocycles. The topological polar surface area (TPSA) is 119 Å². The minimum absolute atomic E-state index is 0.0356. The van der Waals surface area contributed by atoms with Crippen LogP contribution in [0.5, 0.6) is 5.75 Å². The number of nitrogens with zero attached hydrogens (tertiary/aromatic N) is 2. The molecule has 158 valence electrons. The molecule has 1 aliphatic rings. The third kappa shape index (κ3) is 4.89. The number of pyridine rings is 1. The Morgan fingerprint density at radius 3 is 2.70 bits per heavy atom. The van der Waals surface area contributed by atoms with E-state index in [4.69, 9.17) is 9.84 Å². The van der Waals surface area contributed by atoms with Gasteiger partial charge >= 0.3 is 6.09 Å². The highest BCUT2D eigenvalue weighted by molar-refractivity contribution is 5.67. The second-order valence-electron chi connectivity index (χ2n) is 7.38. The monoisotopic (exact) mass is 413 g/mol. The van der Waals surface area contributed by atoms with E-state index in [1.807, 2.05) is 25.1 Å². The molecule has 3 rings (SSSR count). The van der Waals surface area contributed by atoms with E-state index in [1.165, 1.54) is 0 Å². The van der Waals surface area contributed by atoms with Gasteiger partial charge in [0, 0.05) is 17.8 Å². The number of anilines is 3. The maximum Gasteiger partial charge on any atom is 0.404 e. The number of nitriles is 1. The number of carbonyl (C=O) groups is 1. The molecule has 8 nitrogen and oxygen atoms in total. The maximum absolute atomic E-state index is 14.6. The molecular formula is C21H24FN5O3. The summed E-state index contributed by atoms with van der Waals surface area (Å²) in [5.74, 6) is 0.377. The van der Waals surface area contributed by atoms with Gasteiger partial charge in [0.25, 0.3) is 0 Å². The average Bonchev–Trinajstić information content (AvgIpc) is 3.53. The van der Waals surface area contributed by atoms with E-state index < -0.39 is 18.0 Å². The number of nitrogens with one attached hydrogen (secondary N) is 3. The number of amides is 1. The number of hydrogen-bond donors (Lipinski definition) is 4. The molecule has 0 unspecified atom stereocenters. The SMILES string of the molecule is COc1cc(Nc2nc(N[C@H](C3CC3)[C@H](C)NC(=O)O)c(F)cc2C#N)ccc1C. The number of rotatable bonds is 8. The molecule has 0 aliphatic heterocycles. The zero-order chi connectivity index (χ0) is 21.8. The molecule has 1 saturated carbocycles. The van der Waals surface area contributed by atoms with Gasteiger partial charge in [-0.15, -0.1) is 0 Å². The summed E-state index contributed by atoms with van der Waals surface area (Å²) in [6.45, 7) is 3.63. The smallest absolute Gasteiger partial charge is 0.404 e. The van der Waals surface area contributed by atoms with E-state index in [9.17, 15) is 14.4 Å². The Kier molecular flexibility index (Phi) is 6.26. The van der Waals surface area contributed by atoms with Crippen LogP contribution in [-0.2, 0) is 0 Å². The summed E-state index contributed by atoms with van der Waals surface area (Å²) in [5.41, 5.74) is 1.64. The number of hydrogen-bond acceptors (Lipinski definition) is 6. The molecule has 30 heavy (non-hydrogen) atoms. The average molecular weight is 413 g/mol. The van der Waals surface area contributed by atoms with Crippen molar-refractivity contribution >= 4 is 23.4 Å². The Hall–Kier alpha value is -3.54. The van der Waals surface area contributed by atoms with E-state index in [1.54, 1.807) is 20.1 Å². The van der Waals surface area contributed by atoms with Crippen LogP contribution >= 0.6 is 0 Å². The van der Waals surface area contributed by atoms with Crippen LogP contribution in [-0.4, -0.2) is 35.4 Å². The van der Waals surface area contributed by atoms with Gasteiger partial charge in [-0.25, -0.2) is 14.2 Å². The normalized spacial score (nSPS) is 14.9. The van der Waals surface area contributed by atoms with Crippen LogP contribution in [0.15, 0.2) is 24.3 Å². The van der Waals surface area contributed by atoms with Gasteiger partial charge in [0.1, 0.15) is 11.8 Å². The molecule has 9 heteroatoms. The Morgan fingerprint density at radius 1 is 1.37 bits per heavy atom. The van der Waals surface area contributed by atoms with Gasteiger partial charge in [-0.05, 0) is 50.3 Å². The van der Waals surface area contributed by atoms with Gasteiger partial charge in [-0.1, -0.05) is 6.07 Å². The number of halogens is 1. The first-order valence-corrected chi connectivity index (χ1v) is 9.60. The second-order valence-corrected chi connectivity index (χ2v) is 7.38. The number of aryl methyl sites for hydroxylation is 1. The molecule has 1 heterocycles. The summed E-state index contributed by atoms with van der Waals surface area (Å²) in [7, 11) is 1.56. The van der Waals surface area contributed by atoms with E-state index in [0.717, 1.165) is 24.5 Å². The molecular weight excluding hydrogens is 389 g/mol. The Labute approximate surface area is 174 Å². The minimum atomic E-state index is -1.14. The van der Waals surface area contributed by atoms with E-state index in [0.29, 0.717) is 11.4 Å². The fourth-order valence-corrected chi connectivity index (χ4v) is 3.35. The van der Waals surface area contributed by atoms with Crippen molar-refractivity contribution < 1.29 is 19.0 Å². The van der Waals surface area contributed by atoms with Crippen LogP contribution in [0.1, 0.15) is 30.9 Å². The zero-order valence-corrected chi connectivity index (χ0v) is 17.0. The highest BCUT2D eigenvalue weighted by atomic mass is 19.1. The van der Waals surface area contributed by atoms with Crippen LogP contribution in [0.25, 0.3) is 0 Å². The fraction of sp³-hybridized carbons (Fsp3) is 0.381. The van der Waals surface area contributed by atoms with Crippen LogP contribution in [0, 0.1) is 30.0 Å².